The van der Waals surface area contributed by atoms with Crippen molar-refractivity contribution in [3.05, 3.63) is 41.4 Å². The summed E-state index contributed by atoms with van der Waals surface area (Å²) in [6.45, 7) is 6.62. The zero-order valence-corrected chi connectivity index (χ0v) is 13.4. The van der Waals surface area contributed by atoms with Crippen molar-refractivity contribution in [2.75, 3.05) is 13.1 Å². The predicted octanol–water partition coefficient (Wildman–Crippen LogP) is 2.50. The molecule has 0 radical (unpaired) electrons. The number of rotatable bonds is 2. The van der Waals surface area contributed by atoms with Crippen LogP contribution in [0.2, 0.25) is 0 Å². The molecule has 120 valence electrons. The summed E-state index contributed by atoms with van der Waals surface area (Å²) in [6.07, 6.45) is 3.52. The summed E-state index contributed by atoms with van der Waals surface area (Å²) in [5.74, 6) is 0.665. The molecule has 2 aromatic heterocycles. The molecule has 2 unspecified atom stereocenters. The van der Waals surface area contributed by atoms with Gasteiger partial charge in [-0.2, -0.15) is 5.26 Å². The first kappa shape index (κ1) is 15.4. The van der Waals surface area contributed by atoms with Crippen LogP contribution < -0.4 is 0 Å². The van der Waals surface area contributed by atoms with Gasteiger partial charge in [0, 0.05) is 25.5 Å². The van der Waals surface area contributed by atoms with Crippen LogP contribution in [0.1, 0.15) is 35.5 Å². The van der Waals surface area contributed by atoms with E-state index in [2.05, 4.69) is 6.07 Å². The van der Waals surface area contributed by atoms with Gasteiger partial charge < -0.3 is 14.1 Å². The van der Waals surface area contributed by atoms with E-state index < -0.39 is 0 Å². The van der Waals surface area contributed by atoms with Crippen LogP contribution in [0.3, 0.4) is 0 Å². The van der Waals surface area contributed by atoms with Crippen LogP contribution in [0.15, 0.2) is 28.9 Å². The summed E-state index contributed by atoms with van der Waals surface area (Å²) in [5, 5.41) is 9.54. The number of carbonyl (C=O) groups excluding carboxylic acids is 1. The molecule has 0 bridgehead atoms. The van der Waals surface area contributed by atoms with E-state index in [1.807, 2.05) is 26.0 Å². The van der Waals surface area contributed by atoms with Crippen molar-refractivity contribution in [2.45, 2.75) is 33.0 Å². The molecule has 3 heterocycles. The van der Waals surface area contributed by atoms with E-state index in [1.54, 1.807) is 28.8 Å². The Morgan fingerprint density at radius 1 is 1.26 bits per heavy atom. The number of carbonyl (C=O) groups is 1. The summed E-state index contributed by atoms with van der Waals surface area (Å²) < 4.78 is 13.1. The van der Waals surface area contributed by atoms with Gasteiger partial charge in [-0.05, 0) is 32.9 Å². The minimum atomic E-state index is -0.178. The number of furan rings is 1. The summed E-state index contributed by atoms with van der Waals surface area (Å²) in [5.41, 5.74) is 0.619. The third-order valence-electron chi connectivity index (χ3n) is 3.94. The fraction of sp³-hybridized carbons (Fsp3) is 0.412. The number of morpholine rings is 1. The molecule has 6 nitrogen and oxygen atoms in total. The lowest BCUT2D eigenvalue weighted by atomic mass is 10.1. The Hall–Kier alpha value is -2.52. The number of amides is 1. The third kappa shape index (κ3) is 2.76. The maximum atomic E-state index is 12.9. The maximum Gasteiger partial charge on any atom is 0.259 e. The Kier molecular flexibility index (Phi) is 3.97. The highest BCUT2D eigenvalue weighted by atomic mass is 16.5. The zero-order chi connectivity index (χ0) is 16.6. The summed E-state index contributed by atoms with van der Waals surface area (Å²) in [6, 6.07) is 5.80. The Bertz CT molecular complexity index is 745. The van der Waals surface area contributed by atoms with E-state index in [9.17, 15) is 10.1 Å². The van der Waals surface area contributed by atoms with Crippen molar-refractivity contribution in [1.29, 1.82) is 5.26 Å². The molecule has 3 rings (SSSR count). The normalized spacial score (nSPS) is 21.2. The van der Waals surface area contributed by atoms with Gasteiger partial charge in [0.2, 0.25) is 5.88 Å². The summed E-state index contributed by atoms with van der Waals surface area (Å²) in [7, 11) is 0. The fourth-order valence-electron chi connectivity index (χ4n) is 3.04. The van der Waals surface area contributed by atoms with Crippen LogP contribution in [0.25, 0.3) is 5.88 Å². The van der Waals surface area contributed by atoms with Crippen molar-refractivity contribution in [2.24, 2.45) is 0 Å². The van der Waals surface area contributed by atoms with Crippen LogP contribution in [-0.4, -0.2) is 40.7 Å². The van der Waals surface area contributed by atoms with Crippen LogP contribution in [-0.2, 0) is 4.74 Å². The lowest BCUT2D eigenvalue weighted by molar-refractivity contribution is -0.0586. The lowest BCUT2D eigenvalue weighted by Crippen LogP contribution is -2.48. The van der Waals surface area contributed by atoms with Gasteiger partial charge in [-0.15, -0.1) is 0 Å². The SMILES string of the molecule is Cc1oc(-n2cccc2)c(C#N)c1C(=O)N1CC(C)OC(C)C1. The molecule has 0 saturated carbocycles. The van der Waals surface area contributed by atoms with Gasteiger partial charge >= 0.3 is 0 Å². The Labute approximate surface area is 134 Å². The molecule has 1 saturated heterocycles. The molecule has 1 aliphatic rings. The van der Waals surface area contributed by atoms with Crippen LogP contribution in [0.4, 0.5) is 0 Å². The first-order chi connectivity index (χ1) is 11.0. The Balaban J connectivity index is 2.00. The third-order valence-corrected chi connectivity index (χ3v) is 3.94. The molecule has 0 aliphatic carbocycles. The van der Waals surface area contributed by atoms with Gasteiger partial charge in [0.05, 0.1) is 12.2 Å². The minimum absolute atomic E-state index is 0.0237. The van der Waals surface area contributed by atoms with Crippen molar-refractivity contribution in [3.63, 3.8) is 0 Å². The number of hydrogen-bond acceptors (Lipinski definition) is 4. The van der Waals surface area contributed by atoms with Gasteiger partial charge in [-0.3, -0.25) is 9.36 Å². The summed E-state index contributed by atoms with van der Waals surface area (Å²) in [4.78, 5) is 14.7. The second-order valence-corrected chi connectivity index (χ2v) is 5.88. The van der Waals surface area contributed by atoms with Crippen molar-refractivity contribution >= 4 is 5.91 Å². The molecule has 1 aliphatic heterocycles. The van der Waals surface area contributed by atoms with E-state index in [-0.39, 0.29) is 23.7 Å². The number of aromatic nitrogens is 1. The van der Waals surface area contributed by atoms with Crippen LogP contribution in [0, 0.1) is 18.3 Å². The smallest absolute Gasteiger partial charge is 0.259 e. The van der Waals surface area contributed by atoms with Crippen molar-refractivity contribution in [3.8, 4) is 12.0 Å². The minimum Gasteiger partial charge on any atom is -0.443 e. The van der Waals surface area contributed by atoms with Gasteiger partial charge in [-0.1, -0.05) is 0 Å². The van der Waals surface area contributed by atoms with Gasteiger partial charge in [0.25, 0.3) is 5.91 Å². The van der Waals surface area contributed by atoms with Crippen LogP contribution in [0.5, 0.6) is 0 Å². The largest absolute Gasteiger partial charge is 0.443 e. The molecule has 0 aromatic carbocycles. The highest BCUT2D eigenvalue weighted by molar-refractivity contribution is 5.98. The van der Waals surface area contributed by atoms with Gasteiger partial charge in [0.1, 0.15) is 23.0 Å². The van der Waals surface area contributed by atoms with E-state index in [0.29, 0.717) is 30.3 Å². The van der Waals surface area contributed by atoms with E-state index >= 15 is 0 Å². The second-order valence-electron chi connectivity index (χ2n) is 5.88. The first-order valence-electron chi connectivity index (χ1n) is 7.62. The standard InChI is InChI=1S/C17H19N3O3/c1-11-9-20(10-12(2)22-11)16(21)15-13(3)23-17(14(15)8-18)19-6-4-5-7-19/h4-7,11-12H,9-10H2,1-3H3. The Morgan fingerprint density at radius 3 is 2.43 bits per heavy atom. The molecule has 1 fully saturated rings. The molecule has 2 atom stereocenters. The Morgan fingerprint density at radius 2 is 1.87 bits per heavy atom. The maximum absolute atomic E-state index is 12.9. The number of nitrogens with zero attached hydrogens (tertiary/aromatic N) is 3. The highest BCUT2D eigenvalue weighted by Gasteiger charge is 2.32. The molecular formula is C17H19N3O3. The summed E-state index contributed by atoms with van der Waals surface area (Å²) >= 11 is 0. The van der Waals surface area contributed by atoms with Crippen molar-refractivity contribution < 1.29 is 13.9 Å². The molecule has 0 N–H and O–H groups in total. The van der Waals surface area contributed by atoms with E-state index in [1.165, 1.54) is 0 Å². The fourth-order valence-corrected chi connectivity index (χ4v) is 3.04. The first-order valence-corrected chi connectivity index (χ1v) is 7.62. The zero-order valence-electron chi connectivity index (χ0n) is 13.4. The number of aryl methyl sites for hydroxylation is 1. The second kappa shape index (κ2) is 5.94. The lowest BCUT2D eigenvalue weighted by Gasteiger charge is -2.35. The highest BCUT2D eigenvalue weighted by Crippen LogP contribution is 2.27. The monoisotopic (exact) mass is 313 g/mol. The predicted molar refractivity (Wildman–Crippen MR) is 83.4 cm³/mol. The molecular weight excluding hydrogens is 294 g/mol. The van der Waals surface area contributed by atoms with Crippen LogP contribution >= 0.6 is 0 Å². The van der Waals surface area contributed by atoms with Crippen molar-refractivity contribution in [1.82, 2.24) is 9.47 Å². The molecule has 0 spiro atoms. The molecule has 6 heteroatoms. The van der Waals surface area contributed by atoms with E-state index in [0.717, 1.165) is 0 Å². The van der Waals surface area contributed by atoms with Gasteiger partial charge in [-0.25, -0.2) is 0 Å². The van der Waals surface area contributed by atoms with Gasteiger partial charge in [0.15, 0.2) is 0 Å². The average molecular weight is 313 g/mol. The molecule has 23 heavy (non-hydrogen) atoms. The molecule has 1 amide bonds. The topological polar surface area (TPSA) is 71.4 Å². The number of hydrogen-bond donors (Lipinski definition) is 0. The number of ether oxygens (including phenoxy) is 1. The number of nitriles is 1. The van der Waals surface area contributed by atoms with E-state index in [4.69, 9.17) is 9.15 Å². The quantitative estimate of drug-likeness (QED) is 0.854. The molecule has 2 aromatic rings. The average Bonchev–Trinajstić information content (AvgIpc) is 3.12.